The predicted molar refractivity (Wildman–Crippen MR) is 101 cm³/mol. The summed E-state index contributed by atoms with van der Waals surface area (Å²) in [7, 11) is 0. The van der Waals surface area contributed by atoms with Gasteiger partial charge in [0.2, 0.25) is 0 Å². The first-order valence-corrected chi connectivity index (χ1v) is 9.33. The fourth-order valence-corrected chi connectivity index (χ4v) is 3.52. The fraction of sp³-hybridized carbons (Fsp3) is 0.381. The van der Waals surface area contributed by atoms with Crippen molar-refractivity contribution in [2.24, 2.45) is 0 Å². The Kier molecular flexibility index (Phi) is 5.98. The Bertz CT molecular complexity index is 744. The summed E-state index contributed by atoms with van der Waals surface area (Å²) in [5.74, 6) is 0.394. The van der Waals surface area contributed by atoms with Crippen molar-refractivity contribution in [3.8, 4) is 5.75 Å². The third-order valence-electron chi connectivity index (χ3n) is 4.71. The number of ether oxygens (including phenoxy) is 1. The van der Waals surface area contributed by atoms with Gasteiger partial charge in [0.05, 0.1) is 11.1 Å². The Morgan fingerprint density at radius 3 is 2.68 bits per heavy atom. The minimum absolute atomic E-state index is 0.00886. The molecule has 2 aromatic rings. The molecule has 3 nitrogen and oxygen atoms in total. The smallest absolute Gasteiger partial charge is 0.258 e. The van der Waals surface area contributed by atoms with Gasteiger partial charge in [-0.2, -0.15) is 0 Å². The number of amides is 1. The van der Waals surface area contributed by atoms with Crippen LogP contribution in [0.4, 0.5) is 0 Å². The molecule has 0 bridgehead atoms. The molecule has 0 radical (unpaired) electrons. The number of fused-ring (bicyclic) bond motifs is 1. The van der Waals surface area contributed by atoms with Crippen LogP contribution in [0.3, 0.4) is 0 Å². The van der Waals surface area contributed by atoms with Crippen molar-refractivity contribution in [1.29, 1.82) is 0 Å². The molecule has 0 saturated carbocycles. The third kappa shape index (κ3) is 4.55. The molecule has 3 rings (SSSR count). The summed E-state index contributed by atoms with van der Waals surface area (Å²) in [6, 6.07) is 13.8. The predicted octanol–water partition coefficient (Wildman–Crippen LogP) is 4.87. The Hall–Kier alpha value is -2.00. The number of rotatable bonds is 6. The van der Waals surface area contributed by atoms with Gasteiger partial charge in [-0.1, -0.05) is 48.9 Å². The number of hydrogen-bond donors (Lipinski definition) is 1. The van der Waals surface area contributed by atoms with E-state index < -0.39 is 0 Å². The number of carbonyl (C=O) groups is 1. The van der Waals surface area contributed by atoms with E-state index in [1.807, 2.05) is 12.1 Å². The molecule has 4 heteroatoms. The van der Waals surface area contributed by atoms with Crippen LogP contribution >= 0.6 is 11.6 Å². The molecule has 1 aliphatic carbocycles. The largest absolute Gasteiger partial charge is 0.482 e. The van der Waals surface area contributed by atoms with Gasteiger partial charge in [-0.3, -0.25) is 4.79 Å². The van der Waals surface area contributed by atoms with Crippen LogP contribution in [0, 0.1) is 0 Å². The lowest BCUT2D eigenvalue weighted by Gasteiger charge is -2.22. The third-order valence-corrected chi connectivity index (χ3v) is 5.03. The topological polar surface area (TPSA) is 38.3 Å². The van der Waals surface area contributed by atoms with E-state index in [0.717, 1.165) is 12.8 Å². The lowest BCUT2D eigenvalue weighted by molar-refractivity contribution is -0.123. The van der Waals surface area contributed by atoms with Crippen LogP contribution in [-0.2, 0) is 17.6 Å². The maximum atomic E-state index is 12.3. The van der Waals surface area contributed by atoms with Crippen molar-refractivity contribution < 1.29 is 9.53 Å². The first-order valence-electron chi connectivity index (χ1n) is 8.95. The first kappa shape index (κ1) is 17.8. The fourth-order valence-electron chi connectivity index (χ4n) is 3.33. The summed E-state index contributed by atoms with van der Waals surface area (Å²) < 4.78 is 5.53. The SMILES string of the molecule is CC[C@H](NC(=O)COc1ccccc1Cl)c1ccc2c(c1)CCCC2. The van der Waals surface area contributed by atoms with E-state index in [9.17, 15) is 4.79 Å². The number of para-hydroxylation sites is 1. The second-order valence-electron chi connectivity index (χ2n) is 6.48. The van der Waals surface area contributed by atoms with Crippen molar-refractivity contribution in [2.45, 2.75) is 45.1 Å². The summed E-state index contributed by atoms with van der Waals surface area (Å²) in [5, 5.41) is 3.58. The highest BCUT2D eigenvalue weighted by Gasteiger charge is 2.16. The normalized spacial score (nSPS) is 14.5. The standard InChI is InChI=1S/C21H24ClNO2/c1-2-19(17-12-11-15-7-3-4-8-16(15)13-17)23-21(24)14-25-20-10-6-5-9-18(20)22/h5-6,9-13,19H,2-4,7-8,14H2,1H3,(H,23,24)/t19-/m0/s1. The van der Waals surface area contributed by atoms with E-state index in [-0.39, 0.29) is 18.6 Å². The first-order chi connectivity index (χ1) is 12.2. The van der Waals surface area contributed by atoms with E-state index >= 15 is 0 Å². The molecule has 0 fully saturated rings. The van der Waals surface area contributed by atoms with Gasteiger partial charge in [-0.15, -0.1) is 0 Å². The molecule has 1 N–H and O–H groups in total. The van der Waals surface area contributed by atoms with Gasteiger partial charge in [-0.25, -0.2) is 0 Å². The Balaban J connectivity index is 1.61. The Morgan fingerprint density at radius 1 is 1.16 bits per heavy atom. The van der Waals surface area contributed by atoms with Gasteiger partial charge in [0.25, 0.3) is 5.91 Å². The lowest BCUT2D eigenvalue weighted by Crippen LogP contribution is -2.32. The molecule has 1 amide bonds. The van der Waals surface area contributed by atoms with Crippen LogP contribution < -0.4 is 10.1 Å². The van der Waals surface area contributed by atoms with Gasteiger partial charge in [0, 0.05) is 0 Å². The summed E-state index contributed by atoms with van der Waals surface area (Å²) in [6.07, 6.45) is 5.69. The minimum atomic E-state index is -0.135. The summed E-state index contributed by atoms with van der Waals surface area (Å²) in [5.41, 5.74) is 4.07. The Labute approximate surface area is 154 Å². The molecule has 1 aliphatic rings. The van der Waals surface area contributed by atoms with E-state index in [4.69, 9.17) is 16.3 Å². The molecule has 25 heavy (non-hydrogen) atoms. The van der Waals surface area contributed by atoms with Crippen molar-refractivity contribution in [1.82, 2.24) is 5.32 Å². The summed E-state index contributed by atoms with van der Waals surface area (Å²) in [6.45, 7) is 2.05. The molecule has 0 aromatic heterocycles. The van der Waals surface area contributed by atoms with Gasteiger partial charge < -0.3 is 10.1 Å². The average Bonchev–Trinajstić information content (AvgIpc) is 2.65. The van der Waals surface area contributed by atoms with Gasteiger partial charge in [0.1, 0.15) is 5.75 Å². The molecule has 0 saturated heterocycles. The van der Waals surface area contributed by atoms with Gasteiger partial charge in [-0.05, 0) is 60.9 Å². The number of halogens is 1. The van der Waals surface area contributed by atoms with Crippen molar-refractivity contribution in [3.63, 3.8) is 0 Å². The number of benzene rings is 2. The maximum absolute atomic E-state index is 12.3. The average molecular weight is 358 g/mol. The number of nitrogens with one attached hydrogen (secondary N) is 1. The summed E-state index contributed by atoms with van der Waals surface area (Å²) >= 11 is 6.05. The highest BCUT2D eigenvalue weighted by Crippen LogP contribution is 2.26. The van der Waals surface area contributed by atoms with Crippen molar-refractivity contribution in [2.75, 3.05) is 6.61 Å². The quantitative estimate of drug-likeness (QED) is 0.801. The minimum Gasteiger partial charge on any atom is -0.482 e. The molecule has 0 aliphatic heterocycles. The zero-order valence-corrected chi connectivity index (χ0v) is 15.3. The highest BCUT2D eigenvalue weighted by atomic mass is 35.5. The van der Waals surface area contributed by atoms with Crippen LogP contribution in [0.2, 0.25) is 5.02 Å². The van der Waals surface area contributed by atoms with Crippen LogP contribution in [0.1, 0.15) is 48.9 Å². The summed E-state index contributed by atoms with van der Waals surface area (Å²) in [4.78, 5) is 12.3. The molecule has 0 heterocycles. The zero-order chi connectivity index (χ0) is 17.6. The highest BCUT2D eigenvalue weighted by molar-refractivity contribution is 6.32. The van der Waals surface area contributed by atoms with E-state index in [1.165, 1.54) is 36.0 Å². The maximum Gasteiger partial charge on any atom is 0.258 e. The number of aryl methyl sites for hydroxylation is 2. The van der Waals surface area contributed by atoms with Crippen LogP contribution in [0.15, 0.2) is 42.5 Å². The van der Waals surface area contributed by atoms with Gasteiger partial charge >= 0.3 is 0 Å². The Morgan fingerprint density at radius 2 is 1.92 bits per heavy atom. The molecular weight excluding hydrogens is 334 g/mol. The lowest BCUT2D eigenvalue weighted by atomic mass is 9.89. The molecule has 0 unspecified atom stereocenters. The van der Waals surface area contributed by atoms with Crippen LogP contribution in [0.25, 0.3) is 0 Å². The molecule has 132 valence electrons. The number of carbonyl (C=O) groups excluding carboxylic acids is 1. The van der Waals surface area contributed by atoms with E-state index in [0.29, 0.717) is 10.8 Å². The number of hydrogen-bond acceptors (Lipinski definition) is 2. The van der Waals surface area contributed by atoms with Crippen LogP contribution in [-0.4, -0.2) is 12.5 Å². The zero-order valence-electron chi connectivity index (χ0n) is 14.6. The molecule has 0 spiro atoms. The van der Waals surface area contributed by atoms with Crippen LogP contribution in [0.5, 0.6) is 5.75 Å². The van der Waals surface area contributed by atoms with E-state index in [1.54, 1.807) is 12.1 Å². The molecule has 2 aromatic carbocycles. The van der Waals surface area contributed by atoms with E-state index in [2.05, 4.69) is 30.4 Å². The monoisotopic (exact) mass is 357 g/mol. The molecular formula is C21H24ClNO2. The van der Waals surface area contributed by atoms with Crippen molar-refractivity contribution >= 4 is 17.5 Å². The van der Waals surface area contributed by atoms with Gasteiger partial charge in [0.15, 0.2) is 6.61 Å². The second-order valence-corrected chi connectivity index (χ2v) is 6.89. The second kappa shape index (κ2) is 8.39. The molecule has 1 atom stereocenters. The van der Waals surface area contributed by atoms with Crippen molar-refractivity contribution in [3.05, 3.63) is 64.2 Å².